The fraction of sp³-hybridized carbons (Fsp3) is 0.641. The lowest BCUT2D eigenvalue weighted by Crippen LogP contribution is -2.46. The van der Waals surface area contributed by atoms with E-state index in [2.05, 4.69) is 18.7 Å². The molecule has 8 aliphatic rings. The third-order valence-electron chi connectivity index (χ3n) is 15.9. The number of piperidine rings is 4. The van der Waals surface area contributed by atoms with Crippen molar-refractivity contribution in [3.8, 4) is 46.0 Å². The molecule has 16 nitrogen and oxygen atoms in total. The number of hydrogen-bond acceptors (Lipinski definition) is 16. The Kier molecular flexibility index (Phi) is 9.01. The minimum absolute atomic E-state index is 0.0143. The number of carbonyl (C=O) groups excluding carboxylic acids is 4. The molecule has 12 rings (SSSR count). The summed E-state index contributed by atoms with van der Waals surface area (Å²) in [6.45, 7) is -14.4. The first-order valence-electron chi connectivity index (χ1n) is 61.1. The molecular formula is C78H112N4O12. The molecule has 0 aliphatic carbocycles. The SMILES string of the molecule is [2H]C([2H])([2H])Oc1cc2c(cc1OC([2H])([2H])[2H])C1([2H])N(C([2H])([2H])C([2H])(CC(C)C)C(=O)C1([2H])[2H])C([2H])([2H])C2([2H])[2H].[2H]C([2H])([2H])Oc1cc2c(cc1OC([2H])([2H])[2H])C1([2H])N(C([2H])([2H])C2([2H])[2H])C([2H])([2H])C([2H])(C([2H])([2H])C([2H])(C([2H])([2H])[2H])C([2H])([2H])C)C(=O)C1([2H])[2H].[2H]c1c2c(c([2H])c(OC([2H])([2H])[2H])c1OC([2H])([2H])[2H])C1CC(=O)C(C([2H])([2H])C([2H])(C([2H])([2H])[2H])C([2H])([2H])C)CN1CC2.[2H]c1c2c(c([2H])c(OC([2H])([2H])[2H])c1OC([2H])([2H])[2H])C1CC(=O)C(CC(C)C)CN1CC2. The summed E-state index contributed by atoms with van der Waals surface area (Å²) in [6.07, 6.45) is -29.1. The first-order chi connectivity index (χ1) is 69.7. The Morgan fingerprint density at radius 2 is 0.904 bits per heavy atom. The van der Waals surface area contributed by atoms with Gasteiger partial charge in [-0.3, -0.25) is 38.8 Å². The maximum absolute atomic E-state index is 14.1. The lowest BCUT2D eigenvalue weighted by molar-refractivity contribution is -0.130. The van der Waals surface area contributed by atoms with Crippen LogP contribution in [0.5, 0.6) is 46.0 Å². The molecule has 94 heavy (non-hydrogen) atoms. The molecule has 8 aliphatic heterocycles. The van der Waals surface area contributed by atoms with Crippen molar-refractivity contribution in [2.24, 2.45) is 47.2 Å². The molecule has 4 saturated heterocycles. The highest BCUT2D eigenvalue weighted by Gasteiger charge is 2.43. The number of benzene rings is 4. The Balaban J connectivity index is 0.000000235. The van der Waals surface area contributed by atoms with Crippen molar-refractivity contribution in [3.05, 3.63) is 92.9 Å². The van der Waals surface area contributed by atoms with Gasteiger partial charge in [0.2, 0.25) is 0 Å². The number of aryl methyl sites for hydroxylation is 2. The van der Waals surface area contributed by atoms with Crippen LogP contribution in [0.1, 0.15) is 276 Å². The molecule has 0 spiro atoms. The predicted molar refractivity (Wildman–Crippen MR) is 370 cm³/mol. The second kappa shape index (κ2) is 32.7. The summed E-state index contributed by atoms with van der Waals surface area (Å²) in [5.74, 6) is -29.3. The minimum Gasteiger partial charge on any atom is -0.493 e. The number of ether oxygens (including phenoxy) is 8. The molecule has 0 saturated carbocycles. The maximum Gasteiger partial charge on any atom is 0.161 e. The number of fused-ring (bicyclic) bond motifs is 12. The number of carbonyl (C=O) groups is 4. The molecular weight excluding hydrogens is 1180 g/mol. The smallest absolute Gasteiger partial charge is 0.161 e. The standard InChI is InChI=1S/2C20H29NO3.2C19H27NO3/c2*1-5-13(2)8-15-12-21-7-6-14-9-19(23-3)20(24-4)10-16(14)17(21)11-18(15)22;2*1-12(2)7-14-11-20-6-5-13-8-18(22-3)19(23-4)9-15(13)16(20)10-17(14)21/h2*9-10,13,15,17H,5-8,11-12H2,1-4H3;2*8-9,12,14,16H,5-7,10-11H2,1-4H3/i2D3,3D3,4D3,5D2,6D2,7D2,8D2,11D2,12D2,13D,15D,17D;2D3,3D3,4D3,5D2,8D2,9D,10D,13D;3D3,4D3,5D2,6D2,10D2,11D2,14D,16D;3D3,4D3,8D,9D. The van der Waals surface area contributed by atoms with Gasteiger partial charge in [0, 0.05) is 172 Å². The lowest BCUT2D eigenvalue weighted by atomic mass is 9.79. The van der Waals surface area contributed by atoms with Crippen LogP contribution >= 0.6 is 0 Å². The average Bonchev–Trinajstić information content (AvgIpc) is 0.635. The Hall–Kier alpha value is -6.20. The molecule has 8 heterocycles. The van der Waals surface area contributed by atoms with E-state index in [4.69, 9.17) is 124 Å². The van der Waals surface area contributed by atoms with Crippen molar-refractivity contribution in [3.63, 3.8) is 0 Å². The number of nitrogens with zero attached hydrogens (tertiary/aromatic N) is 4. The summed E-state index contributed by atoms with van der Waals surface area (Å²) in [4.78, 5) is 56.7. The Morgan fingerprint density at radius 1 is 0.500 bits per heavy atom. The molecule has 516 valence electrons. The van der Waals surface area contributed by atoms with Gasteiger partial charge in [0.05, 0.1) is 97.4 Å². The third kappa shape index (κ3) is 16.4. The van der Waals surface area contributed by atoms with Crippen molar-refractivity contribution >= 4 is 23.1 Å². The first-order valence-corrected chi connectivity index (χ1v) is 29.1. The Morgan fingerprint density at radius 3 is 1.35 bits per heavy atom. The van der Waals surface area contributed by atoms with Gasteiger partial charge in [0.25, 0.3) is 0 Å². The van der Waals surface area contributed by atoms with E-state index < -0.39 is 328 Å². The number of rotatable bonds is 18. The lowest BCUT2D eigenvalue weighted by Gasteiger charge is -2.43. The highest BCUT2D eigenvalue weighted by Crippen LogP contribution is 2.48. The minimum atomic E-state index is -4.67. The van der Waals surface area contributed by atoms with Gasteiger partial charge in [-0.1, -0.05) is 68.0 Å². The molecule has 4 aromatic carbocycles. The van der Waals surface area contributed by atoms with Crippen molar-refractivity contribution in [1.29, 1.82) is 0 Å². The number of ketones is 4. The van der Waals surface area contributed by atoms with E-state index in [1.54, 1.807) is 0 Å². The van der Waals surface area contributed by atoms with E-state index >= 15 is 0 Å². The zero-order chi connectivity index (χ0) is 123. The third-order valence-corrected chi connectivity index (χ3v) is 15.9. The largest absolute Gasteiger partial charge is 0.493 e. The van der Waals surface area contributed by atoms with Gasteiger partial charge in [0.1, 0.15) is 23.1 Å². The molecule has 4 fully saturated rings. The van der Waals surface area contributed by atoms with Gasteiger partial charge >= 0.3 is 0 Å². The molecule has 0 N–H and O–H groups in total. The van der Waals surface area contributed by atoms with Crippen LogP contribution in [0.25, 0.3) is 0 Å². The van der Waals surface area contributed by atoms with Crippen LogP contribution < -0.4 is 37.9 Å². The van der Waals surface area contributed by atoms with E-state index in [-0.39, 0.29) is 65.3 Å². The average molecular weight is 1360 g/mol. The quantitative estimate of drug-likeness (QED) is 0.0926. The van der Waals surface area contributed by atoms with Gasteiger partial charge < -0.3 is 37.9 Å². The molecule has 0 radical (unpaired) electrons. The van der Waals surface area contributed by atoms with Crippen LogP contribution in [0, 0.1) is 47.2 Å². The van der Waals surface area contributed by atoms with E-state index in [1.165, 1.54) is 18.7 Å². The van der Waals surface area contributed by atoms with E-state index in [0.29, 0.717) is 61.7 Å². The highest BCUT2D eigenvalue weighted by molar-refractivity contribution is 5.85. The molecule has 10 unspecified atom stereocenters. The van der Waals surface area contributed by atoms with Gasteiger partial charge in [-0.15, -0.1) is 0 Å². The van der Waals surface area contributed by atoms with Gasteiger partial charge in [-0.05, 0) is 168 Å². The van der Waals surface area contributed by atoms with Crippen molar-refractivity contribution in [2.45, 2.75) is 169 Å². The number of hydrogen-bond donors (Lipinski definition) is 0. The van der Waals surface area contributed by atoms with Crippen LogP contribution in [0.4, 0.5) is 0 Å². The number of methoxy groups -OCH3 is 8. The van der Waals surface area contributed by atoms with Crippen molar-refractivity contribution < 1.29 is 145 Å². The van der Waals surface area contributed by atoms with Crippen LogP contribution in [0.3, 0.4) is 0 Å². The highest BCUT2D eigenvalue weighted by atomic mass is 16.5. The molecule has 0 amide bonds. The zero-order valence-corrected chi connectivity index (χ0v) is 51.5. The van der Waals surface area contributed by atoms with Crippen LogP contribution in [0.15, 0.2) is 48.4 Å². The second-order valence-electron chi connectivity index (χ2n) is 22.8. The van der Waals surface area contributed by atoms with Gasteiger partial charge in [-0.25, -0.2) is 0 Å². The van der Waals surface area contributed by atoms with E-state index in [9.17, 15) is 20.5 Å². The topological polar surface area (TPSA) is 155 Å². The normalized spacial score (nSPS) is 44.7. The van der Waals surface area contributed by atoms with Crippen LogP contribution in [-0.2, 0) is 44.8 Å². The molecule has 0 bridgehead atoms. The molecule has 10 atom stereocenters. The van der Waals surface area contributed by atoms with Gasteiger partial charge in [0.15, 0.2) is 46.0 Å². The predicted octanol–water partition coefficient (Wildman–Crippen LogP) is 13.7. The first kappa shape index (κ1) is 25.9. The van der Waals surface area contributed by atoms with Crippen LogP contribution in [0.2, 0.25) is 0 Å². The maximum atomic E-state index is 14.1. The van der Waals surface area contributed by atoms with Crippen molar-refractivity contribution in [1.82, 2.24) is 19.6 Å². The van der Waals surface area contributed by atoms with E-state index in [0.717, 1.165) is 13.3 Å². The van der Waals surface area contributed by atoms with E-state index in [1.807, 2.05) is 0 Å². The summed E-state index contributed by atoms with van der Waals surface area (Å²) < 4.78 is 556. The summed E-state index contributed by atoms with van der Waals surface area (Å²) in [6, 6.07) is -9.01. The van der Waals surface area contributed by atoms with Crippen molar-refractivity contribution in [2.75, 3.05) is 108 Å². The molecule has 4 aromatic rings. The molecule has 0 aromatic heterocycles. The number of Topliss-reactive ketones (excluding diaryl/α,β-unsaturated/α-hetero) is 4. The van der Waals surface area contributed by atoms with Crippen LogP contribution in [-0.4, -0.2) is 151 Å². The summed E-state index contributed by atoms with van der Waals surface area (Å²) in [7, 11) is -25.5. The van der Waals surface area contributed by atoms with Gasteiger partial charge in [-0.2, -0.15) is 0 Å². The summed E-state index contributed by atoms with van der Waals surface area (Å²) in [5, 5.41) is 0. The fourth-order valence-corrected chi connectivity index (χ4v) is 11.5. The monoisotopic (exact) mass is 1360 g/mol. The molecule has 16 heteroatoms. The summed E-state index contributed by atoms with van der Waals surface area (Å²) >= 11 is 0. The Bertz CT molecular complexity index is 6110. The zero-order valence-electron chi connectivity index (χ0n) is 116. The fourth-order valence-electron chi connectivity index (χ4n) is 11.5. The Labute approximate surface area is 652 Å². The second-order valence-corrected chi connectivity index (χ2v) is 22.8. The summed E-state index contributed by atoms with van der Waals surface area (Å²) in [5.41, 5.74) is -3.42.